The Bertz CT molecular complexity index is 473. The molecule has 1 aliphatic rings. The van der Waals surface area contributed by atoms with Crippen molar-refractivity contribution in [2.45, 2.75) is 5.92 Å². The van der Waals surface area contributed by atoms with E-state index in [-0.39, 0.29) is 0 Å². The van der Waals surface area contributed by atoms with E-state index in [1.165, 1.54) is 0 Å². The van der Waals surface area contributed by atoms with Crippen molar-refractivity contribution in [1.82, 2.24) is 0 Å². The molecule has 0 atom stereocenters. The quantitative estimate of drug-likeness (QED) is 0.570. The second-order valence-electron chi connectivity index (χ2n) is 2.99. The molecule has 1 heterocycles. The highest BCUT2D eigenvalue weighted by molar-refractivity contribution is 6.06. The van der Waals surface area contributed by atoms with Gasteiger partial charge in [0.05, 0.1) is 10.5 Å². The van der Waals surface area contributed by atoms with Crippen LogP contribution in [0.4, 0.5) is 20.2 Å². The predicted octanol–water partition coefficient (Wildman–Crippen LogP) is 1.64. The first-order chi connectivity index (χ1) is 6.94. The van der Waals surface area contributed by atoms with Crippen LogP contribution < -0.4 is 5.32 Å². The van der Waals surface area contributed by atoms with Crippen molar-refractivity contribution in [3.05, 3.63) is 33.9 Å². The molecule has 0 bridgehead atoms. The smallest absolute Gasteiger partial charge is 0.314 e. The van der Waals surface area contributed by atoms with E-state index < -0.39 is 33.7 Å². The van der Waals surface area contributed by atoms with Crippen LogP contribution in [0.5, 0.6) is 0 Å². The molecular weight excluding hydrogens is 210 g/mol. The number of nitro groups is 1. The van der Waals surface area contributed by atoms with E-state index in [2.05, 4.69) is 0 Å². The van der Waals surface area contributed by atoms with Crippen molar-refractivity contribution in [2.75, 3.05) is 5.32 Å². The van der Waals surface area contributed by atoms with Gasteiger partial charge >= 0.3 is 5.92 Å². The van der Waals surface area contributed by atoms with Gasteiger partial charge in [0.25, 0.3) is 11.6 Å². The third-order valence-corrected chi connectivity index (χ3v) is 2.10. The van der Waals surface area contributed by atoms with Gasteiger partial charge in [-0.15, -0.1) is 0 Å². The fourth-order valence-corrected chi connectivity index (χ4v) is 1.40. The van der Waals surface area contributed by atoms with Gasteiger partial charge in [-0.05, 0) is 6.07 Å². The first-order valence-electron chi connectivity index (χ1n) is 3.91. The molecule has 0 aromatic heterocycles. The molecule has 1 aliphatic heterocycles. The SMILES string of the molecule is O=C1Nc2c([N+](=O)[O-])cccc2C1(F)F. The first-order valence-corrected chi connectivity index (χ1v) is 3.91. The Balaban J connectivity index is 2.68. The number of nitro benzene ring substituents is 1. The van der Waals surface area contributed by atoms with Crippen molar-refractivity contribution < 1.29 is 18.5 Å². The average molecular weight is 214 g/mol. The third-order valence-electron chi connectivity index (χ3n) is 2.10. The van der Waals surface area contributed by atoms with E-state index in [0.29, 0.717) is 0 Å². The standard InChI is InChI=1S/C8H4F2N2O3/c9-8(10)4-2-1-3-5(12(14)15)6(4)11-7(8)13/h1-3H,(H,11,13). The topological polar surface area (TPSA) is 72.2 Å². The Kier molecular flexibility index (Phi) is 1.72. The Morgan fingerprint density at radius 3 is 2.67 bits per heavy atom. The molecule has 0 fully saturated rings. The number of para-hydroxylation sites is 1. The predicted molar refractivity (Wildman–Crippen MR) is 45.6 cm³/mol. The number of rotatable bonds is 1. The van der Waals surface area contributed by atoms with Crippen LogP contribution in [0, 0.1) is 10.1 Å². The van der Waals surface area contributed by atoms with Gasteiger partial charge in [-0.2, -0.15) is 8.78 Å². The molecule has 0 saturated heterocycles. The van der Waals surface area contributed by atoms with Gasteiger partial charge in [0.15, 0.2) is 0 Å². The lowest BCUT2D eigenvalue weighted by Gasteiger charge is -2.04. The summed E-state index contributed by atoms with van der Waals surface area (Å²) in [6.07, 6.45) is 0. The summed E-state index contributed by atoms with van der Waals surface area (Å²) in [7, 11) is 0. The highest BCUT2D eigenvalue weighted by Crippen LogP contribution is 2.44. The van der Waals surface area contributed by atoms with Crippen LogP contribution >= 0.6 is 0 Å². The van der Waals surface area contributed by atoms with E-state index >= 15 is 0 Å². The molecule has 7 heteroatoms. The van der Waals surface area contributed by atoms with Gasteiger partial charge in [-0.25, -0.2) is 0 Å². The molecule has 5 nitrogen and oxygen atoms in total. The van der Waals surface area contributed by atoms with Crippen LogP contribution in [0.15, 0.2) is 18.2 Å². The van der Waals surface area contributed by atoms with Gasteiger partial charge in [-0.1, -0.05) is 6.07 Å². The minimum atomic E-state index is -3.69. The summed E-state index contributed by atoms with van der Waals surface area (Å²) >= 11 is 0. The van der Waals surface area contributed by atoms with Crippen LogP contribution in [0.25, 0.3) is 0 Å². The summed E-state index contributed by atoms with van der Waals surface area (Å²) in [4.78, 5) is 20.5. The molecule has 0 unspecified atom stereocenters. The van der Waals surface area contributed by atoms with Crippen molar-refractivity contribution >= 4 is 17.3 Å². The molecule has 0 radical (unpaired) electrons. The minimum Gasteiger partial charge on any atom is -0.314 e. The van der Waals surface area contributed by atoms with Gasteiger partial charge in [0.2, 0.25) is 0 Å². The van der Waals surface area contributed by atoms with Crippen LogP contribution in [0.1, 0.15) is 5.56 Å². The number of amides is 1. The molecule has 0 aliphatic carbocycles. The maximum absolute atomic E-state index is 13.1. The number of nitrogens with zero attached hydrogens (tertiary/aromatic N) is 1. The zero-order valence-electron chi connectivity index (χ0n) is 7.16. The Morgan fingerprint density at radius 2 is 2.07 bits per heavy atom. The number of halogens is 2. The lowest BCUT2D eigenvalue weighted by molar-refractivity contribution is -0.384. The largest absolute Gasteiger partial charge is 0.352 e. The van der Waals surface area contributed by atoms with Crippen LogP contribution in [-0.2, 0) is 10.7 Å². The third kappa shape index (κ3) is 1.16. The number of hydrogen-bond acceptors (Lipinski definition) is 3. The molecule has 78 valence electrons. The van der Waals surface area contributed by atoms with E-state index in [0.717, 1.165) is 18.2 Å². The molecule has 0 saturated carbocycles. The summed E-state index contributed by atoms with van der Waals surface area (Å²) in [5.74, 6) is -5.23. The number of anilines is 1. The Labute approximate surface area is 81.9 Å². The molecule has 1 N–H and O–H groups in total. The van der Waals surface area contributed by atoms with Gasteiger partial charge < -0.3 is 5.32 Å². The maximum Gasteiger partial charge on any atom is 0.352 e. The second-order valence-corrected chi connectivity index (χ2v) is 2.99. The zero-order chi connectivity index (χ0) is 11.2. The highest BCUT2D eigenvalue weighted by Gasteiger charge is 2.50. The second kappa shape index (κ2) is 2.72. The zero-order valence-corrected chi connectivity index (χ0v) is 7.16. The van der Waals surface area contributed by atoms with E-state index in [1.807, 2.05) is 0 Å². The number of carbonyl (C=O) groups excluding carboxylic acids is 1. The van der Waals surface area contributed by atoms with Crippen molar-refractivity contribution in [3.63, 3.8) is 0 Å². The number of hydrogen-bond donors (Lipinski definition) is 1. The number of alkyl halides is 2. The maximum atomic E-state index is 13.1. The van der Waals surface area contributed by atoms with Crippen LogP contribution in [0.2, 0.25) is 0 Å². The average Bonchev–Trinajstić information content (AvgIpc) is 2.38. The summed E-state index contributed by atoms with van der Waals surface area (Å²) in [5, 5.41) is 12.3. The molecule has 2 rings (SSSR count). The molecule has 0 spiro atoms. The molecule has 1 aromatic carbocycles. The summed E-state index contributed by atoms with van der Waals surface area (Å²) in [6.45, 7) is 0. The minimum absolute atomic E-state index is 0.419. The fourth-order valence-electron chi connectivity index (χ4n) is 1.40. The number of carbonyl (C=O) groups is 1. The lowest BCUT2D eigenvalue weighted by atomic mass is 10.1. The summed E-state index contributed by atoms with van der Waals surface area (Å²) < 4.78 is 26.3. The molecular formula is C8H4F2N2O3. The summed E-state index contributed by atoms with van der Waals surface area (Å²) in [5.41, 5.74) is -1.60. The fraction of sp³-hybridized carbons (Fsp3) is 0.125. The van der Waals surface area contributed by atoms with Crippen molar-refractivity contribution in [3.8, 4) is 0 Å². The number of nitrogens with one attached hydrogen (secondary N) is 1. The van der Waals surface area contributed by atoms with E-state index in [1.54, 1.807) is 5.32 Å². The molecule has 1 amide bonds. The summed E-state index contributed by atoms with van der Waals surface area (Å²) in [6, 6.07) is 3.16. The molecule has 1 aromatic rings. The van der Waals surface area contributed by atoms with Crippen molar-refractivity contribution in [1.29, 1.82) is 0 Å². The monoisotopic (exact) mass is 214 g/mol. The highest BCUT2D eigenvalue weighted by atomic mass is 19.3. The first kappa shape index (κ1) is 9.50. The lowest BCUT2D eigenvalue weighted by Crippen LogP contribution is -2.23. The Morgan fingerprint density at radius 1 is 1.40 bits per heavy atom. The van der Waals surface area contributed by atoms with Gasteiger partial charge in [-0.3, -0.25) is 14.9 Å². The Hall–Kier alpha value is -2.05. The normalized spacial score (nSPS) is 17.1. The van der Waals surface area contributed by atoms with Crippen molar-refractivity contribution in [2.24, 2.45) is 0 Å². The number of fused-ring (bicyclic) bond motifs is 1. The number of benzene rings is 1. The van der Waals surface area contributed by atoms with Gasteiger partial charge in [0, 0.05) is 6.07 Å². The molecule has 15 heavy (non-hydrogen) atoms. The van der Waals surface area contributed by atoms with Gasteiger partial charge in [0.1, 0.15) is 5.69 Å². The van der Waals surface area contributed by atoms with Crippen LogP contribution in [-0.4, -0.2) is 10.8 Å². The van der Waals surface area contributed by atoms with E-state index in [9.17, 15) is 23.7 Å². The van der Waals surface area contributed by atoms with Crippen LogP contribution in [0.3, 0.4) is 0 Å². The van der Waals surface area contributed by atoms with E-state index in [4.69, 9.17) is 0 Å².